The molecule has 0 aliphatic carbocycles. The number of rotatable bonds is 4. The molecule has 2 heterocycles. The zero-order valence-electron chi connectivity index (χ0n) is 16.1. The maximum atomic E-state index is 13.3. The monoisotopic (exact) mass is 390 g/mol. The fraction of sp³-hybridized carbons (Fsp3) is 0.143. The van der Waals surface area contributed by atoms with Crippen LogP contribution in [0.15, 0.2) is 58.3 Å². The molecule has 0 aliphatic heterocycles. The van der Waals surface area contributed by atoms with Crippen LogP contribution in [0, 0.1) is 6.92 Å². The second-order valence-corrected chi connectivity index (χ2v) is 6.58. The Balaban J connectivity index is 1.93. The van der Waals surface area contributed by atoms with Gasteiger partial charge in [0.15, 0.2) is 5.78 Å². The van der Waals surface area contributed by atoms with Crippen molar-refractivity contribution in [3.8, 4) is 11.4 Å². The van der Waals surface area contributed by atoms with Gasteiger partial charge in [0.2, 0.25) is 0 Å². The van der Waals surface area contributed by atoms with Crippen molar-refractivity contribution in [3.05, 3.63) is 86.3 Å². The lowest BCUT2D eigenvalue weighted by molar-refractivity contribution is 0.103. The Morgan fingerprint density at radius 3 is 2.55 bits per heavy atom. The van der Waals surface area contributed by atoms with Gasteiger partial charge in [-0.25, -0.2) is 4.98 Å². The molecular weight excluding hydrogens is 372 g/mol. The van der Waals surface area contributed by atoms with Crippen LogP contribution in [0.1, 0.15) is 21.7 Å². The Labute approximate surface area is 165 Å². The van der Waals surface area contributed by atoms with Crippen LogP contribution in [0.2, 0.25) is 0 Å². The number of aryl methyl sites for hydroxylation is 2. The van der Waals surface area contributed by atoms with Crippen molar-refractivity contribution in [2.24, 2.45) is 7.05 Å². The fourth-order valence-electron chi connectivity index (χ4n) is 3.32. The number of benzene rings is 2. The first-order valence-corrected chi connectivity index (χ1v) is 8.88. The number of nitrogens with one attached hydrogen (secondary N) is 1. The quantitative estimate of drug-likeness (QED) is 0.537. The van der Waals surface area contributed by atoms with E-state index in [-0.39, 0.29) is 22.1 Å². The number of hydrogen-bond acceptors (Lipinski definition) is 5. The molecule has 8 heteroatoms. The molecule has 2 aromatic heterocycles. The summed E-state index contributed by atoms with van der Waals surface area (Å²) in [6, 6.07) is 11.8. The maximum absolute atomic E-state index is 13.3. The molecule has 0 amide bonds. The summed E-state index contributed by atoms with van der Waals surface area (Å²) in [5.74, 6) is 0.560. The molecule has 0 unspecified atom stereocenters. The summed E-state index contributed by atoms with van der Waals surface area (Å²) >= 11 is 0. The highest BCUT2D eigenvalue weighted by atomic mass is 16.5. The number of hydrogen-bond donors (Lipinski definition) is 1. The van der Waals surface area contributed by atoms with E-state index in [1.165, 1.54) is 35.7 Å². The van der Waals surface area contributed by atoms with Crippen LogP contribution in [-0.4, -0.2) is 32.2 Å². The number of carbonyl (C=O) groups is 1. The van der Waals surface area contributed by atoms with Gasteiger partial charge in [0.05, 0.1) is 23.7 Å². The van der Waals surface area contributed by atoms with E-state index in [1.807, 2.05) is 6.07 Å². The zero-order valence-corrected chi connectivity index (χ0v) is 16.1. The molecule has 29 heavy (non-hydrogen) atoms. The van der Waals surface area contributed by atoms with Gasteiger partial charge in [-0.1, -0.05) is 12.1 Å². The molecule has 0 bridgehead atoms. The summed E-state index contributed by atoms with van der Waals surface area (Å²) in [6.45, 7) is 1.73. The van der Waals surface area contributed by atoms with Gasteiger partial charge in [-0.05, 0) is 37.3 Å². The van der Waals surface area contributed by atoms with Crippen molar-refractivity contribution in [1.29, 1.82) is 0 Å². The highest BCUT2D eigenvalue weighted by molar-refractivity contribution is 6.10. The van der Waals surface area contributed by atoms with E-state index in [0.717, 1.165) is 0 Å². The molecule has 0 atom stereocenters. The third kappa shape index (κ3) is 2.94. The van der Waals surface area contributed by atoms with E-state index in [1.54, 1.807) is 37.3 Å². The molecule has 0 spiro atoms. The first kappa shape index (κ1) is 18.4. The zero-order chi connectivity index (χ0) is 20.7. The van der Waals surface area contributed by atoms with Crippen molar-refractivity contribution < 1.29 is 9.53 Å². The molecule has 4 aromatic rings. The second kappa shape index (κ2) is 6.90. The van der Waals surface area contributed by atoms with E-state index >= 15 is 0 Å². The summed E-state index contributed by atoms with van der Waals surface area (Å²) in [4.78, 5) is 42.7. The summed E-state index contributed by atoms with van der Waals surface area (Å²) in [5, 5.41) is 2.96. The lowest BCUT2D eigenvalue weighted by Gasteiger charge is -2.14. The fourth-order valence-corrected chi connectivity index (χ4v) is 3.32. The van der Waals surface area contributed by atoms with Crippen molar-refractivity contribution in [2.45, 2.75) is 6.92 Å². The number of aromatic nitrogens is 4. The van der Waals surface area contributed by atoms with Gasteiger partial charge in [0.25, 0.3) is 11.1 Å². The predicted octanol–water partition coefficient (Wildman–Crippen LogP) is 1.96. The summed E-state index contributed by atoms with van der Waals surface area (Å²) in [5.41, 5.74) is 0.526. The molecule has 0 saturated heterocycles. The minimum absolute atomic E-state index is 0.0111. The molecule has 0 aliphatic rings. The molecule has 0 saturated carbocycles. The number of H-pyrrole nitrogens is 1. The lowest BCUT2D eigenvalue weighted by Crippen LogP contribution is -2.23. The number of aromatic amines is 1. The average Bonchev–Trinajstić information content (AvgIpc) is 3.06. The Hall–Kier alpha value is -3.94. The second-order valence-electron chi connectivity index (χ2n) is 6.58. The van der Waals surface area contributed by atoms with E-state index < -0.39 is 11.3 Å². The van der Waals surface area contributed by atoms with Gasteiger partial charge in [-0.15, -0.1) is 0 Å². The van der Waals surface area contributed by atoms with Crippen LogP contribution in [0.25, 0.3) is 16.6 Å². The molecule has 1 N–H and O–H groups in total. The first-order valence-electron chi connectivity index (χ1n) is 8.88. The molecule has 4 rings (SSSR count). The van der Waals surface area contributed by atoms with Crippen LogP contribution >= 0.6 is 0 Å². The van der Waals surface area contributed by atoms with E-state index in [2.05, 4.69) is 10.1 Å². The van der Waals surface area contributed by atoms with Crippen LogP contribution in [0.3, 0.4) is 0 Å². The smallest absolute Gasteiger partial charge is 0.277 e. The number of carbonyl (C=O) groups excluding carboxylic acids is 1. The number of para-hydroxylation sites is 2. The van der Waals surface area contributed by atoms with Crippen LogP contribution in [0.5, 0.6) is 5.75 Å². The van der Waals surface area contributed by atoms with Gasteiger partial charge in [0, 0.05) is 18.8 Å². The summed E-state index contributed by atoms with van der Waals surface area (Å²) in [6.07, 6.45) is 1.36. The van der Waals surface area contributed by atoms with E-state index in [9.17, 15) is 14.4 Å². The molecule has 8 nitrogen and oxygen atoms in total. The van der Waals surface area contributed by atoms with Gasteiger partial charge >= 0.3 is 0 Å². The predicted molar refractivity (Wildman–Crippen MR) is 108 cm³/mol. The van der Waals surface area contributed by atoms with Gasteiger partial charge in [-0.3, -0.25) is 23.6 Å². The standard InChI is InChI=1S/C21H18N4O4/c1-12-23-16-9-8-13(19(26)15-11-22-24(2)20(15)27)10-14(16)21(28)25(12)17-6-4-5-7-18(17)29-3/h4-11,22H,1-3H3. The minimum Gasteiger partial charge on any atom is -0.495 e. The number of nitrogens with zero attached hydrogens (tertiary/aromatic N) is 3. The Kier molecular flexibility index (Phi) is 4.38. The molecule has 0 radical (unpaired) electrons. The maximum Gasteiger partial charge on any atom is 0.277 e. The number of fused-ring (bicyclic) bond motifs is 1. The van der Waals surface area contributed by atoms with Gasteiger partial charge in [0.1, 0.15) is 17.1 Å². The molecular formula is C21H18N4O4. The summed E-state index contributed by atoms with van der Waals surface area (Å²) in [7, 11) is 3.06. The van der Waals surface area contributed by atoms with E-state index in [0.29, 0.717) is 22.8 Å². The highest BCUT2D eigenvalue weighted by Crippen LogP contribution is 2.23. The molecule has 146 valence electrons. The molecule has 2 aromatic carbocycles. The highest BCUT2D eigenvalue weighted by Gasteiger charge is 2.18. The third-order valence-electron chi connectivity index (χ3n) is 4.81. The number of methoxy groups -OCH3 is 1. The summed E-state index contributed by atoms with van der Waals surface area (Å²) < 4.78 is 8.04. The first-order chi connectivity index (χ1) is 13.9. The van der Waals surface area contributed by atoms with Crippen molar-refractivity contribution in [2.75, 3.05) is 7.11 Å². The Morgan fingerprint density at radius 2 is 1.86 bits per heavy atom. The minimum atomic E-state index is -0.461. The number of ketones is 1. The van der Waals surface area contributed by atoms with E-state index in [4.69, 9.17) is 4.74 Å². The Bertz CT molecular complexity index is 1380. The van der Waals surface area contributed by atoms with Crippen LogP contribution < -0.4 is 15.9 Å². The van der Waals surface area contributed by atoms with Crippen molar-refractivity contribution in [1.82, 2.24) is 19.3 Å². The number of ether oxygens (including phenoxy) is 1. The van der Waals surface area contributed by atoms with Gasteiger partial charge in [-0.2, -0.15) is 0 Å². The largest absolute Gasteiger partial charge is 0.495 e. The lowest BCUT2D eigenvalue weighted by atomic mass is 10.0. The normalized spacial score (nSPS) is 11.0. The Morgan fingerprint density at radius 1 is 1.10 bits per heavy atom. The van der Waals surface area contributed by atoms with Crippen LogP contribution in [-0.2, 0) is 7.05 Å². The topological polar surface area (TPSA) is 99.0 Å². The van der Waals surface area contributed by atoms with Crippen molar-refractivity contribution in [3.63, 3.8) is 0 Å². The third-order valence-corrected chi connectivity index (χ3v) is 4.81. The van der Waals surface area contributed by atoms with Crippen LogP contribution in [0.4, 0.5) is 0 Å². The van der Waals surface area contributed by atoms with Crippen molar-refractivity contribution >= 4 is 16.7 Å². The average molecular weight is 390 g/mol. The SMILES string of the molecule is COc1ccccc1-n1c(C)nc2ccc(C(=O)c3c[nH]n(C)c3=O)cc2c1=O. The van der Waals surface area contributed by atoms with Gasteiger partial charge < -0.3 is 9.84 Å². The molecule has 0 fully saturated rings.